The largest absolute Gasteiger partial charge is 0.406 e. The van der Waals surface area contributed by atoms with E-state index in [1.165, 1.54) is 23.1 Å². The fourth-order valence-corrected chi connectivity index (χ4v) is 2.52. The highest BCUT2D eigenvalue weighted by Gasteiger charge is 2.30. The lowest BCUT2D eigenvalue weighted by molar-refractivity contribution is -0.140. The van der Waals surface area contributed by atoms with Crippen LogP contribution in [0.2, 0.25) is 0 Å². The molecule has 9 heteroatoms. The van der Waals surface area contributed by atoms with E-state index in [2.05, 4.69) is 4.98 Å². The number of benzene rings is 1. The Morgan fingerprint density at radius 3 is 2.62 bits per heavy atom. The Bertz CT molecular complexity index is 774. The van der Waals surface area contributed by atoms with E-state index < -0.39 is 18.4 Å². The number of rotatable bonds is 6. The lowest BCUT2D eigenvalue weighted by atomic mass is 10.1. The number of carbonyl (C=O) groups is 1. The molecule has 1 amide bonds. The number of halogens is 3. The molecule has 0 radical (unpaired) electrons. The van der Waals surface area contributed by atoms with Gasteiger partial charge in [0.05, 0.1) is 17.6 Å². The Morgan fingerprint density at radius 1 is 1.33 bits per heavy atom. The number of aliphatic hydroxyl groups is 1. The van der Waals surface area contributed by atoms with E-state index in [1.807, 2.05) is 6.92 Å². The molecular formula is C15H18F3N3O3. The Balaban J connectivity index is 2.38. The Labute approximate surface area is 135 Å². The van der Waals surface area contributed by atoms with Crippen LogP contribution >= 0.6 is 0 Å². The standard InChI is InChI=1S/C15H18F3N3O3/c1-2-5-20(6-7-22)13(23)10-3-4-12-11(8-10)19-14(24)21(12)9-15(16,17)18/h3-4,8,22H,2,5-7,9H2,1H3,(H,19,24). The van der Waals surface area contributed by atoms with Gasteiger partial charge < -0.3 is 15.0 Å². The predicted octanol–water partition coefficient (Wildman–Crippen LogP) is 1.74. The van der Waals surface area contributed by atoms with Crippen molar-refractivity contribution in [2.24, 2.45) is 0 Å². The summed E-state index contributed by atoms with van der Waals surface area (Å²) in [6.07, 6.45) is -3.82. The summed E-state index contributed by atoms with van der Waals surface area (Å²) in [6, 6.07) is 4.05. The van der Waals surface area contributed by atoms with Crippen molar-refractivity contribution >= 4 is 16.9 Å². The molecule has 0 atom stereocenters. The van der Waals surface area contributed by atoms with Crippen LogP contribution in [-0.2, 0) is 6.54 Å². The second-order valence-corrected chi connectivity index (χ2v) is 5.38. The molecule has 1 heterocycles. The van der Waals surface area contributed by atoms with Gasteiger partial charge in [0.2, 0.25) is 0 Å². The molecule has 0 bridgehead atoms. The average Bonchev–Trinajstić information content (AvgIpc) is 2.80. The normalized spacial score (nSPS) is 11.9. The van der Waals surface area contributed by atoms with Gasteiger partial charge in [-0.1, -0.05) is 6.92 Å². The molecule has 0 saturated carbocycles. The van der Waals surface area contributed by atoms with Crippen molar-refractivity contribution < 1.29 is 23.1 Å². The summed E-state index contributed by atoms with van der Waals surface area (Å²) in [5, 5.41) is 9.03. The number of nitrogens with one attached hydrogen (secondary N) is 1. The lowest BCUT2D eigenvalue weighted by Gasteiger charge is -2.21. The van der Waals surface area contributed by atoms with Crippen LogP contribution in [0.15, 0.2) is 23.0 Å². The van der Waals surface area contributed by atoms with Crippen LogP contribution in [0.4, 0.5) is 13.2 Å². The molecule has 6 nitrogen and oxygen atoms in total. The van der Waals surface area contributed by atoms with E-state index in [-0.39, 0.29) is 35.7 Å². The highest BCUT2D eigenvalue weighted by molar-refractivity contribution is 5.97. The smallest absolute Gasteiger partial charge is 0.395 e. The Morgan fingerprint density at radius 2 is 2.04 bits per heavy atom. The zero-order valence-corrected chi connectivity index (χ0v) is 13.1. The van der Waals surface area contributed by atoms with Crippen LogP contribution in [0.25, 0.3) is 11.0 Å². The van der Waals surface area contributed by atoms with E-state index in [0.717, 1.165) is 0 Å². The maximum absolute atomic E-state index is 12.6. The summed E-state index contributed by atoms with van der Waals surface area (Å²) in [4.78, 5) is 27.9. The zero-order valence-electron chi connectivity index (χ0n) is 13.1. The maximum atomic E-state index is 12.6. The number of aromatic amines is 1. The van der Waals surface area contributed by atoms with Crippen molar-refractivity contribution in [1.29, 1.82) is 0 Å². The van der Waals surface area contributed by atoms with E-state index in [1.54, 1.807) is 0 Å². The molecule has 1 aromatic carbocycles. The molecule has 2 N–H and O–H groups in total. The lowest BCUT2D eigenvalue weighted by Crippen LogP contribution is -2.34. The van der Waals surface area contributed by atoms with E-state index in [9.17, 15) is 22.8 Å². The van der Waals surface area contributed by atoms with Crippen molar-refractivity contribution in [2.45, 2.75) is 26.1 Å². The molecule has 0 fully saturated rings. The fourth-order valence-electron chi connectivity index (χ4n) is 2.52. The van der Waals surface area contributed by atoms with Gasteiger partial charge in [0.1, 0.15) is 6.54 Å². The van der Waals surface area contributed by atoms with Crippen molar-refractivity contribution in [1.82, 2.24) is 14.5 Å². The summed E-state index contributed by atoms with van der Waals surface area (Å²) in [6.45, 7) is 0.910. The average molecular weight is 345 g/mol. The molecular weight excluding hydrogens is 327 g/mol. The van der Waals surface area contributed by atoms with Gasteiger partial charge in [0, 0.05) is 18.7 Å². The summed E-state index contributed by atoms with van der Waals surface area (Å²) in [7, 11) is 0. The van der Waals surface area contributed by atoms with Crippen molar-refractivity contribution in [3.63, 3.8) is 0 Å². The van der Waals surface area contributed by atoms with Crippen LogP contribution < -0.4 is 5.69 Å². The molecule has 132 valence electrons. The molecule has 0 aliphatic rings. The van der Waals surface area contributed by atoms with Gasteiger partial charge >= 0.3 is 11.9 Å². The van der Waals surface area contributed by atoms with Gasteiger partial charge in [-0.3, -0.25) is 9.36 Å². The second-order valence-electron chi connectivity index (χ2n) is 5.38. The summed E-state index contributed by atoms with van der Waals surface area (Å²) < 4.78 is 38.2. The van der Waals surface area contributed by atoms with Gasteiger partial charge in [0.15, 0.2) is 0 Å². The minimum Gasteiger partial charge on any atom is -0.395 e. The Hall–Kier alpha value is -2.29. The van der Waals surface area contributed by atoms with E-state index >= 15 is 0 Å². The van der Waals surface area contributed by atoms with Gasteiger partial charge in [0.25, 0.3) is 5.91 Å². The molecule has 0 saturated heterocycles. The molecule has 1 aromatic heterocycles. The van der Waals surface area contributed by atoms with Crippen LogP contribution in [0, 0.1) is 0 Å². The number of amides is 1. The SMILES string of the molecule is CCCN(CCO)C(=O)c1ccc2c(c1)[nH]c(=O)n2CC(F)(F)F. The number of alkyl halides is 3. The molecule has 2 aromatic rings. The quantitative estimate of drug-likeness (QED) is 0.837. The number of hydrogen-bond acceptors (Lipinski definition) is 3. The van der Waals surface area contributed by atoms with Crippen molar-refractivity contribution in [3.05, 3.63) is 34.2 Å². The first-order valence-corrected chi connectivity index (χ1v) is 7.46. The van der Waals surface area contributed by atoms with Crippen LogP contribution in [0.1, 0.15) is 23.7 Å². The number of hydrogen-bond donors (Lipinski definition) is 2. The molecule has 0 aliphatic carbocycles. The Kier molecular flexibility index (Phi) is 5.33. The van der Waals surface area contributed by atoms with Crippen LogP contribution in [-0.4, -0.2) is 51.3 Å². The van der Waals surface area contributed by atoms with Crippen molar-refractivity contribution in [2.75, 3.05) is 19.7 Å². The van der Waals surface area contributed by atoms with E-state index in [4.69, 9.17) is 5.11 Å². The first-order valence-electron chi connectivity index (χ1n) is 7.46. The molecule has 24 heavy (non-hydrogen) atoms. The van der Waals surface area contributed by atoms with Crippen molar-refractivity contribution in [3.8, 4) is 0 Å². The number of aliphatic hydroxyl groups excluding tert-OH is 1. The minimum absolute atomic E-state index is 0.0816. The molecule has 0 unspecified atom stereocenters. The number of imidazole rings is 1. The number of aromatic nitrogens is 2. The summed E-state index contributed by atoms with van der Waals surface area (Å²) in [5.41, 5.74) is -0.397. The number of H-pyrrole nitrogens is 1. The number of carbonyl (C=O) groups excluding carboxylic acids is 1. The first-order chi connectivity index (χ1) is 11.3. The van der Waals surface area contributed by atoms with Gasteiger partial charge in [-0.2, -0.15) is 13.2 Å². The predicted molar refractivity (Wildman–Crippen MR) is 81.9 cm³/mol. The molecule has 0 spiro atoms. The number of fused-ring (bicyclic) bond motifs is 1. The third kappa shape index (κ3) is 3.97. The molecule has 0 aliphatic heterocycles. The first kappa shape index (κ1) is 18.1. The second kappa shape index (κ2) is 7.08. The van der Waals surface area contributed by atoms with E-state index in [0.29, 0.717) is 17.5 Å². The number of nitrogens with zero attached hydrogens (tertiary/aromatic N) is 2. The third-order valence-electron chi connectivity index (χ3n) is 3.51. The highest BCUT2D eigenvalue weighted by Crippen LogP contribution is 2.21. The van der Waals surface area contributed by atoms with Gasteiger partial charge in [-0.05, 0) is 24.6 Å². The van der Waals surface area contributed by atoms with Crippen LogP contribution in [0.5, 0.6) is 0 Å². The summed E-state index contributed by atoms with van der Waals surface area (Å²) in [5.74, 6) is -0.350. The zero-order chi connectivity index (χ0) is 17.9. The third-order valence-corrected chi connectivity index (χ3v) is 3.51. The fraction of sp³-hybridized carbons (Fsp3) is 0.467. The maximum Gasteiger partial charge on any atom is 0.406 e. The van der Waals surface area contributed by atoms with Gasteiger partial charge in [-0.15, -0.1) is 0 Å². The topological polar surface area (TPSA) is 78.3 Å². The summed E-state index contributed by atoms with van der Waals surface area (Å²) >= 11 is 0. The monoisotopic (exact) mass is 345 g/mol. The highest BCUT2D eigenvalue weighted by atomic mass is 19.4. The van der Waals surface area contributed by atoms with Gasteiger partial charge in [-0.25, -0.2) is 4.79 Å². The minimum atomic E-state index is -4.52. The molecule has 2 rings (SSSR count). The van der Waals surface area contributed by atoms with Crippen LogP contribution in [0.3, 0.4) is 0 Å².